The molecular weight excluding hydrogens is 156 g/mol. The van der Waals surface area contributed by atoms with Crippen LogP contribution in [0.25, 0.3) is 0 Å². The van der Waals surface area contributed by atoms with Crippen LogP contribution in [0.2, 0.25) is 0 Å². The molecule has 3 heteroatoms. The average molecular weight is 168 g/mol. The number of aromatic hydroxyl groups is 1. The van der Waals surface area contributed by atoms with Crippen LogP contribution >= 0.6 is 0 Å². The molecule has 0 saturated carbocycles. The van der Waals surface area contributed by atoms with Crippen LogP contribution in [0, 0.1) is 0 Å². The molecule has 1 rings (SSSR count). The predicted molar refractivity (Wildman–Crippen MR) is 44.7 cm³/mol. The van der Waals surface area contributed by atoms with Crippen LogP contribution in [-0.4, -0.2) is 21.6 Å². The van der Waals surface area contributed by atoms with Crippen molar-refractivity contribution in [3.63, 3.8) is 0 Å². The number of rotatable bonds is 3. The highest BCUT2D eigenvalue weighted by Crippen LogP contribution is 2.17. The Kier molecular flexibility index (Phi) is 3.08. The zero-order valence-corrected chi connectivity index (χ0v) is 6.64. The van der Waals surface area contributed by atoms with E-state index >= 15 is 0 Å². The molecule has 0 heterocycles. The lowest BCUT2D eigenvalue weighted by Gasteiger charge is -2.04. The Labute approximate surface area is 70.9 Å². The molecule has 0 saturated heterocycles. The Morgan fingerprint density at radius 1 is 1.17 bits per heavy atom. The minimum atomic E-state index is -1.30. The van der Waals surface area contributed by atoms with E-state index < -0.39 is 6.29 Å². The fourth-order valence-corrected chi connectivity index (χ4v) is 1.01. The van der Waals surface area contributed by atoms with Crippen LogP contribution in [0.15, 0.2) is 24.3 Å². The van der Waals surface area contributed by atoms with E-state index in [1.807, 2.05) is 0 Å². The highest BCUT2D eigenvalue weighted by atomic mass is 16.5. The van der Waals surface area contributed by atoms with Gasteiger partial charge in [-0.2, -0.15) is 0 Å². The second-order valence-corrected chi connectivity index (χ2v) is 2.65. The number of aryl methyl sites for hydroxylation is 1. The summed E-state index contributed by atoms with van der Waals surface area (Å²) in [7, 11) is 0. The van der Waals surface area contributed by atoms with Gasteiger partial charge in [-0.15, -0.1) is 0 Å². The standard InChI is InChI=1S/C9H12O3/c10-8-4-2-1-3-7(8)5-6-9(11)12/h1-4,9-12H,5-6H2. The first-order valence-electron chi connectivity index (χ1n) is 3.83. The van der Waals surface area contributed by atoms with Gasteiger partial charge in [0.1, 0.15) is 5.75 Å². The summed E-state index contributed by atoms with van der Waals surface area (Å²) >= 11 is 0. The monoisotopic (exact) mass is 168 g/mol. The summed E-state index contributed by atoms with van der Waals surface area (Å²) in [5, 5.41) is 26.4. The van der Waals surface area contributed by atoms with E-state index in [2.05, 4.69) is 0 Å². The van der Waals surface area contributed by atoms with Gasteiger partial charge in [0, 0.05) is 6.42 Å². The Morgan fingerprint density at radius 2 is 1.83 bits per heavy atom. The highest BCUT2D eigenvalue weighted by molar-refractivity contribution is 5.31. The second-order valence-electron chi connectivity index (χ2n) is 2.65. The molecule has 0 aliphatic rings. The van der Waals surface area contributed by atoms with Gasteiger partial charge in [0.25, 0.3) is 0 Å². The van der Waals surface area contributed by atoms with E-state index in [-0.39, 0.29) is 12.2 Å². The lowest BCUT2D eigenvalue weighted by molar-refractivity contribution is -0.0447. The maximum atomic E-state index is 9.26. The van der Waals surface area contributed by atoms with Crippen molar-refractivity contribution in [2.45, 2.75) is 19.1 Å². The molecule has 0 atom stereocenters. The number of para-hydroxylation sites is 1. The summed E-state index contributed by atoms with van der Waals surface area (Å²) in [4.78, 5) is 0. The van der Waals surface area contributed by atoms with Crippen molar-refractivity contribution < 1.29 is 15.3 Å². The van der Waals surface area contributed by atoms with Crippen LogP contribution in [0.3, 0.4) is 0 Å². The molecule has 0 aliphatic heterocycles. The Bertz CT molecular complexity index is 245. The maximum absolute atomic E-state index is 9.26. The third-order valence-electron chi connectivity index (χ3n) is 1.66. The molecule has 12 heavy (non-hydrogen) atoms. The smallest absolute Gasteiger partial charge is 0.151 e. The van der Waals surface area contributed by atoms with Gasteiger partial charge in [0.05, 0.1) is 0 Å². The number of hydrogen-bond acceptors (Lipinski definition) is 3. The van der Waals surface area contributed by atoms with Gasteiger partial charge < -0.3 is 15.3 Å². The number of aliphatic hydroxyl groups excluding tert-OH is 1. The molecule has 0 amide bonds. The minimum absolute atomic E-state index is 0.207. The molecule has 0 bridgehead atoms. The van der Waals surface area contributed by atoms with Gasteiger partial charge in [-0.1, -0.05) is 18.2 Å². The molecule has 66 valence electrons. The Morgan fingerprint density at radius 3 is 2.42 bits per heavy atom. The fourth-order valence-electron chi connectivity index (χ4n) is 1.01. The summed E-state index contributed by atoms with van der Waals surface area (Å²) in [5.41, 5.74) is 0.741. The first kappa shape index (κ1) is 9.03. The number of benzene rings is 1. The Hall–Kier alpha value is -1.06. The van der Waals surface area contributed by atoms with Gasteiger partial charge in [-0.3, -0.25) is 0 Å². The van der Waals surface area contributed by atoms with E-state index in [0.29, 0.717) is 6.42 Å². The molecule has 0 spiro atoms. The van der Waals surface area contributed by atoms with E-state index in [4.69, 9.17) is 10.2 Å². The molecule has 0 fully saturated rings. The molecule has 0 aromatic heterocycles. The second kappa shape index (κ2) is 4.09. The van der Waals surface area contributed by atoms with Crippen molar-refractivity contribution in [3.05, 3.63) is 29.8 Å². The van der Waals surface area contributed by atoms with Gasteiger partial charge >= 0.3 is 0 Å². The summed E-state index contributed by atoms with van der Waals surface area (Å²) in [5.74, 6) is 0.207. The van der Waals surface area contributed by atoms with Crippen molar-refractivity contribution in [2.24, 2.45) is 0 Å². The van der Waals surface area contributed by atoms with E-state index in [0.717, 1.165) is 5.56 Å². The lowest BCUT2D eigenvalue weighted by Crippen LogP contribution is -2.05. The molecule has 0 radical (unpaired) electrons. The predicted octanol–water partition coefficient (Wildman–Crippen LogP) is 0.635. The van der Waals surface area contributed by atoms with Crippen molar-refractivity contribution in [1.82, 2.24) is 0 Å². The zero-order valence-electron chi connectivity index (χ0n) is 6.64. The molecular formula is C9H12O3. The normalized spacial score (nSPS) is 10.6. The average Bonchev–Trinajstić information content (AvgIpc) is 2.03. The fraction of sp³-hybridized carbons (Fsp3) is 0.333. The van der Waals surface area contributed by atoms with Crippen LogP contribution in [-0.2, 0) is 6.42 Å². The van der Waals surface area contributed by atoms with Crippen LogP contribution in [0.5, 0.6) is 5.75 Å². The number of aliphatic hydroxyl groups is 2. The quantitative estimate of drug-likeness (QED) is 0.580. The van der Waals surface area contributed by atoms with Crippen LogP contribution < -0.4 is 0 Å². The zero-order chi connectivity index (χ0) is 8.97. The number of phenols is 1. The first-order valence-corrected chi connectivity index (χ1v) is 3.83. The molecule has 3 N–H and O–H groups in total. The lowest BCUT2D eigenvalue weighted by atomic mass is 10.1. The molecule has 0 aliphatic carbocycles. The van der Waals surface area contributed by atoms with E-state index in [9.17, 15) is 5.11 Å². The summed E-state index contributed by atoms with van der Waals surface area (Å²) < 4.78 is 0. The van der Waals surface area contributed by atoms with Crippen molar-refractivity contribution in [1.29, 1.82) is 0 Å². The molecule has 1 aromatic rings. The third-order valence-corrected chi connectivity index (χ3v) is 1.66. The van der Waals surface area contributed by atoms with Crippen molar-refractivity contribution in [3.8, 4) is 5.75 Å². The van der Waals surface area contributed by atoms with E-state index in [1.54, 1.807) is 24.3 Å². The van der Waals surface area contributed by atoms with Gasteiger partial charge in [0.15, 0.2) is 6.29 Å². The minimum Gasteiger partial charge on any atom is -0.508 e. The maximum Gasteiger partial charge on any atom is 0.151 e. The van der Waals surface area contributed by atoms with Crippen molar-refractivity contribution in [2.75, 3.05) is 0 Å². The molecule has 0 unspecified atom stereocenters. The largest absolute Gasteiger partial charge is 0.508 e. The SMILES string of the molecule is Oc1ccccc1CCC(O)O. The van der Waals surface area contributed by atoms with Crippen molar-refractivity contribution >= 4 is 0 Å². The third kappa shape index (κ3) is 2.53. The topological polar surface area (TPSA) is 60.7 Å². The number of phenolic OH excluding ortho intramolecular Hbond substituents is 1. The summed E-state index contributed by atoms with van der Waals surface area (Å²) in [6.07, 6.45) is -0.577. The van der Waals surface area contributed by atoms with E-state index in [1.165, 1.54) is 0 Å². The van der Waals surface area contributed by atoms with Gasteiger partial charge in [-0.05, 0) is 18.1 Å². The molecule has 1 aromatic carbocycles. The summed E-state index contributed by atoms with van der Waals surface area (Å²) in [6.45, 7) is 0. The van der Waals surface area contributed by atoms with Gasteiger partial charge in [0.2, 0.25) is 0 Å². The first-order chi connectivity index (χ1) is 5.70. The number of hydrogen-bond donors (Lipinski definition) is 3. The van der Waals surface area contributed by atoms with Gasteiger partial charge in [-0.25, -0.2) is 0 Å². The van der Waals surface area contributed by atoms with Crippen LogP contribution in [0.1, 0.15) is 12.0 Å². The highest BCUT2D eigenvalue weighted by Gasteiger charge is 2.02. The Balaban J connectivity index is 2.57. The summed E-state index contributed by atoms with van der Waals surface area (Å²) in [6, 6.07) is 6.88. The molecule has 3 nitrogen and oxygen atoms in total. The van der Waals surface area contributed by atoms with Crippen LogP contribution in [0.4, 0.5) is 0 Å².